The van der Waals surface area contributed by atoms with Gasteiger partial charge in [-0.25, -0.2) is 0 Å². The highest BCUT2D eigenvalue weighted by molar-refractivity contribution is 8.00. The van der Waals surface area contributed by atoms with Crippen LogP contribution in [0.2, 0.25) is 0 Å². The highest BCUT2D eigenvalue weighted by atomic mass is 32.2. The van der Waals surface area contributed by atoms with Gasteiger partial charge in [-0.2, -0.15) is 0 Å². The Morgan fingerprint density at radius 1 is 1.21 bits per heavy atom. The lowest BCUT2D eigenvalue weighted by atomic mass is 10.0. The number of benzene rings is 1. The first-order chi connectivity index (χ1) is 11.6. The van der Waals surface area contributed by atoms with E-state index in [2.05, 4.69) is 15.8 Å². The van der Waals surface area contributed by atoms with Crippen molar-refractivity contribution in [2.24, 2.45) is 0 Å². The van der Waals surface area contributed by atoms with Crippen molar-refractivity contribution in [3.8, 4) is 0 Å². The van der Waals surface area contributed by atoms with Crippen molar-refractivity contribution in [2.75, 3.05) is 16.8 Å². The van der Waals surface area contributed by atoms with Crippen molar-refractivity contribution in [3.05, 3.63) is 47.7 Å². The smallest absolute Gasteiger partial charge is 0.235 e. The quantitative estimate of drug-likeness (QED) is 0.767. The molecule has 1 heterocycles. The molecule has 2 rings (SSSR count). The summed E-state index contributed by atoms with van der Waals surface area (Å²) >= 11 is 1.26. The summed E-state index contributed by atoms with van der Waals surface area (Å²) < 4.78 is 4.87. The van der Waals surface area contributed by atoms with Crippen molar-refractivity contribution in [1.82, 2.24) is 10.5 Å². The molecular formula is C17H21N3O3S. The maximum Gasteiger partial charge on any atom is 0.235 e. The van der Waals surface area contributed by atoms with Gasteiger partial charge in [0.25, 0.3) is 0 Å². The van der Waals surface area contributed by atoms with Crippen molar-refractivity contribution in [1.29, 1.82) is 0 Å². The minimum atomic E-state index is -0.212. The molecule has 7 heteroatoms. The lowest BCUT2D eigenvalue weighted by molar-refractivity contribution is -0.119. The molecule has 2 aromatic rings. The van der Waals surface area contributed by atoms with Crippen LogP contribution in [0.5, 0.6) is 0 Å². The number of hydrogen-bond donors (Lipinski definition) is 2. The van der Waals surface area contributed by atoms with Crippen LogP contribution in [0.25, 0.3) is 0 Å². The Balaban J connectivity index is 1.71. The largest absolute Gasteiger partial charge is 0.360 e. The van der Waals surface area contributed by atoms with E-state index in [1.807, 2.05) is 37.3 Å². The molecule has 0 aliphatic rings. The molecule has 0 saturated heterocycles. The van der Waals surface area contributed by atoms with E-state index >= 15 is 0 Å². The maximum absolute atomic E-state index is 12.0. The van der Waals surface area contributed by atoms with Crippen molar-refractivity contribution in [2.45, 2.75) is 26.3 Å². The van der Waals surface area contributed by atoms with E-state index in [4.69, 9.17) is 4.52 Å². The zero-order chi connectivity index (χ0) is 17.4. The van der Waals surface area contributed by atoms with Gasteiger partial charge in [-0.15, -0.1) is 11.8 Å². The second kappa shape index (κ2) is 9.12. The van der Waals surface area contributed by atoms with Crippen LogP contribution < -0.4 is 10.6 Å². The average molecular weight is 347 g/mol. The lowest BCUT2D eigenvalue weighted by Crippen LogP contribution is -2.30. The van der Waals surface area contributed by atoms with Crippen LogP contribution in [-0.4, -0.2) is 28.5 Å². The molecule has 0 radical (unpaired) electrons. The highest BCUT2D eigenvalue weighted by Crippen LogP contribution is 2.16. The highest BCUT2D eigenvalue weighted by Gasteiger charge is 2.13. The summed E-state index contributed by atoms with van der Waals surface area (Å²) in [4.78, 5) is 23.8. The second-order valence-corrected chi connectivity index (χ2v) is 6.29. The summed E-state index contributed by atoms with van der Waals surface area (Å²) in [6.45, 7) is 3.77. The van der Waals surface area contributed by atoms with E-state index in [0.29, 0.717) is 11.6 Å². The molecule has 1 atom stereocenters. The second-order valence-electron chi connectivity index (χ2n) is 5.30. The van der Waals surface area contributed by atoms with E-state index in [1.165, 1.54) is 11.8 Å². The Bertz CT molecular complexity index is 673. The Hall–Kier alpha value is -2.28. The predicted molar refractivity (Wildman–Crippen MR) is 94.8 cm³/mol. The number of nitrogens with one attached hydrogen (secondary N) is 2. The normalized spacial score (nSPS) is 11.8. The van der Waals surface area contributed by atoms with Gasteiger partial charge in [0.05, 0.1) is 17.5 Å². The van der Waals surface area contributed by atoms with Gasteiger partial charge in [0, 0.05) is 6.07 Å². The number of amides is 2. The van der Waals surface area contributed by atoms with Crippen molar-refractivity contribution < 1.29 is 14.1 Å². The van der Waals surface area contributed by atoms with Gasteiger partial charge < -0.3 is 15.2 Å². The van der Waals surface area contributed by atoms with Crippen LogP contribution in [0.3, 0.4) is 0 Å². The minimum Gasteiger partial charge on any atom is -0.360 e. The summed E-state index contributed by atoms with van der Waals surface area (Å²) in [6.07, 6.45) is 0.812. The fraction of sp³-hybridized carbons (Fsp3) is 0.353. The molecule has 128 valence electrons. The molecule has 0 aliphatic carbocycles. The molecule has 2 amide bonds. The van der Waals surface area contributed by atoms with Gasteiger partial charge in [0.1, 0.15) is 5.76 Å². The molecule has 2 N–H and O–H groups in total. The van der Waals surface area contributed by atoms with E-state index in [1.54, 1.807) is 13.0 Å². The number of carbonyl (C=O) groups is 2. The van der Waals surface area contributed by atoms with E-state index in [-0.39, 0.29) is 29.4 Å². The molecule has 24 heavy (non-hydrogen) atoms. The van der Waals surface area contributed by atoms with E-state index in [0.717, 1.165) is 12.0 Å². The minimum absolute atomic E-state index is 0.00812. The SMILES string of the molecule is CC[C@H](NC(=O)CSCC(=O)Nc1cc(C)on1)c1ccccc1. The molecule has 0 spiro atoms. The third kappa shape index (κ3) is 5.73. The molecule has 0 aliphatic heterocycles. The number of aryl methyl sites for hydroxylation is 1. The number of rotatable bonds is 8. The first-order valence-electron chi connectivity index (χ1n) is 7.73. The summed E-state index contributed by atoms with van der Waals surface area (Å²) in [7, 11) is 0. The Kier molecular flexibility index (Phi) is 6.87. The third-order valence-corrected chi connectivity index (χ3v) is 4.24. The number of nitrogens with zero attached hydrogens (tertiary/aromatic N) is 1. The summed E-state index contributed by atoms with van der Waals surface area (Å²) in [5.41, 5.74) is 1.08. The topological polar surface area (TPSA) is 84.2 Å². The van der Waals surface area contributed by atoms with Crippen LogP contribution in [0.4, 0.5) is 5.82 Å². The van der Waals surface area contributed by atoms with Gasteiger partial charge in [-0.1, -0.05) is 42.4 Å². The molecule has 0 saturated carbocycles. The molecule has 0 fully saturated rings. The van der Waals surface area contributed by atoms with Crippen LogP contribution in [0.1, 0.15) is 30.7 Å². The standard InChI is InChI=1S/C17H21N3O3S/c1-3-14(13-7-5-4-6-8-13)18-16(21)10-24-11-17(22)19-15-9-12(2)23-20-15/h4-9,14H,3,10-11H2,1-2H3,(H,18,21)(H,19,20,22)/t14-/m0/s1. The number of aromatic nitrogens is 1. The number of carbonyl (C=O) groups excluding carboxylic acids is 2. The Labute approximate surface area is 145 Å². The summed E-state index contributed by atoms with van der Waals surface area (Å²) in [5, 5.41) is 9.30. The first-order valence-corrected chi connectivity index (χ1v) is 8.89. The van der Waals surface area contributed by atoms with Gasteiger partial charge in [-0.3, -0.25) is 9.59 Å². The molecular weight excluding hydrogens is 326 g/mol. The van der Waals surface area contributed by atoms with E-state index in [9.17, 15) is 9.59 Å². The number of thioether (sulfide) groups is 1. The Morgan fingerprint density at radius 2 is 1.92 bits per heavy atom. The summed E-state index contributed by atoms with van der Waals surface area (Å²) in [6, 6.07) is 11.5. The van der Waals surface area contributed by atoms with Gasteiger partial charge in [0.15, 0.2) is 5.82 Å². The van der Waals surface area contributed by atoms with Crippen LogP contribution in [0.15, 0.2) is 40.9 Å². The first kappa shape index (κ1) is 18.1. The molecule has 6 nitrogen and oxygen atoms in total. The predicted octanol–water partition coefficient (Wildman–Crippen LogP) is 2.92. The zero-order valence-corrected chi connectivity index (χ0v) is 14.6. The fourth-order valence-corrected chi connectivity index (χ4v) is 2.81. The summed E-state index contributed by atoms with van der Waals surface area (Å²) in [5.74, 6) is 1.13. The maximum atomic E-state index is 12.0. The van der Waals surface area contributed by atoms with Gasteiger partial charge in [0.2, 0.25) is 11.8 Å². The average Bonchev–Trinajstić information content (AvgIpc) is 2.98. The van der Waals surface area contributed by atoms with Crippen molar-refractivity contribution >= 4 is 29.4 Å². The molecule has 1 aromatic heterocycles. The van der Waals surface area contributed by atoms with Crippen LogP contribution >= 0.6 is 11.8 Å². The molecule has 0 unspecified atom stereocenters. The van der Waals surface area contributed by atoms with E-state index < -0.39 is 0 Å². The lowest BCUT2D eigenvalue weighted by Gasteiger charge is -2.17. The van der Waals surface area contributed by atoms with Crippen molar-refractivity contribution in [3.63, 3.8) is 0 Å². The van der Waals surface area contributed by atoms with Gasteiger partial charge >= 0.3 is 0 Å². The molecule has 1 aromatic carbocycles. The van der Waals surface area contributed by atoms with Gasteiger partial charge in [-0.05, 0) is 18.9 Å². The van der Waals surface area contributed by atoms with Crippen LogP contribution in [0, 0.1) is 6.92 Å². The fourth-order valence-electron chi connectivity index (χ4n) is 2.18. The monoisotopic (exact) mass is 347 g/mol. The zero-order valence-electron chi connectivity index (χ0n) is 13.7. The number of anilines is 1. The molecule has 0 bridgehead atoms. The third-order valence-electron chi connectivity index (χ3n) is 3.31. The van der Waals surface area contributed by atoms with Crippen LogP contribution in [-0.2, 0) is 9.59 Å². The Morgan fingerprint density at radius 3 is 2.54 bits per heavy atom. The number of hydrogen-bond acceptors (Lipinski definition) is 5.